The van der Waals surface area contributed by atoms with Gasteiger partial charge in [0.05, 0.1) is 11.0 Å². The molecular weight excluding hydrogens is 212 g/mol. The maximum atomic E-state index is 4.57. The van der Waals surface area contributed by atoms with E-state index in [4.69, 9.17) is 0 Å². The summed E-state index contributed by atoms with van der Waals surface area (Å²) in [5.41, 5.74) is 2.33. The smallest absolute Gasteiger partial charge is 0.106 e. The van der Waals surface area contributed by atoms with Crippen LogP contribution in [0.15, 0.2) is 24.3 Å². The monoisotopic (exact) mass is 230 g/mol. The summed E-state index contributed by atoms with van der Waals surface area (Å²) in [4.78, 5) is 4.57. The fraction of sp³-hybridized carbons (Fsp3) is 0.462. The third-order valence-corrected chi connectivity index (χ3v) is 3.40. The van der Waals surface area contributed by atoms with Crippen molar-refractivity contribution in [3.8, 4) is 0 Å². The van der Waals surface area contributed by atoms with E-state index in [1.165, 1.54) is 5.52 Å². The zero-order valence-corrected chi connectivity index (χ0v) is 10.1. The number of aryl methyl sites for hydroxylation is 1. The Hall–Kier alpha value is -1.39. The van der Waals surface area contributed by atoms with Crippen LogP contribution >= 0.6 is 0 Å². The van der Waals surface area contributed by atoms with Crippen LogP contribution < -0.4 is 10.6 Å². The summed E-state index contributed by atoms with van der Waals surface area (Å²) >= 11 is 0. The first kappa shape index (κ1) is 10.7. The fourth-order valence-corrected chi connectivity index (χ4v) is 2.29. The SMILES string of the molecule is Cc1nc2ccccc2n1CCNC1CNC1. The van der Waals surface area contributed by atoms with Crippen LogP contribution in [0, 0.1) is 6.92 Å². The normalized spacial score (nSPS) is 16.3. The van der Waals surface area contributed by atoms with Crippen molar-refractivity contribution >= 4 is 11.0 Å². The molecule has 0 amide bonds. The first-order valence-corrected chi connectivity index (χ1v) is 6.20. The van der Waals surface area contributed by atoms with Crippen LogP contribution in [0.5, 0.6) is 0 Å². The van der Waals surface area contributed by atoms with Crippen molar-refractivity contribution in [1.29, 1.82) is 0 Å². The van der Waals surface area contributed by atoms with Gasteiger partial charge in [0.15, 0.2) is 0 Å². The Morgan fingerprint density at radius 1 is 1.41 bits per heavy atom. The summed E-state index contributed by atoms with van der Waals surface area (Å²) in [6, 6.07) is 8.98. The summed E-state index contributed by atoms with van der Waals surface area (Å²) in [6.07, 6.45) is 0. The second-order valence-electron chi connectivity index (χ2n) is 4.61. The van der Waals surface area contributed by atoms with Gasteiger partial charge in [-0.25, -0.2) is 4.98 Å². The molecule has 0 radical (unpaired) electrons. The van der Waals surface area contributed by atoms with Crippen LogP contribution in [0.2, 0.25) is 0 Å². The number of nitrogens with zero attached hydrogens (tertiary/aromatic N) is 2. The van der Waals surface area contributed by atoms with Crippen molar-refractivity contribution in [2.75, 3.05) is 19.6 Å². The van der Waals surface area contributed by atoms with Crippen LogP contribution in [0.25, 0.3) is 11.0 Å². The molecule has 0 atom stereocenters. The molecule has 4 heteroatoms. The zero-order valence-electron chi connectivity index (χ0n) is 10.1. The van der Waals surface area contributed by atoms with Gasteiger partial charge < -0.3 is 15.2 Å². The molecule has 2 N–H and O–H groups in total. The maximum absolute atomic E-state index is 4.57. The number of imidazole rings is 1. The second kappa shape index (κ2) is 4.47. The van der Waals surface area contributed by atoms with Gasteiger partial charge in [-0.3, -0.25) is 0 Å². The predicted molar refractivity (Wildman–Crippen MR) is 69.1 cm³/mol. The maximum Gasteiger partial charge on any atom is 0.106 e. The Labute approximate surface area is 101 Å². The quantitative estimate of drug-likeness (QED) is 0.820. The predicted octanol–water partition coefficient (Wildman–Crippen LogP) is 0.906. The molecule has 0 bridgehead atoms. The molecule has 0 unspecified atom stereocenters. The third kappa shape index (κ3) is 2.06. The molecule has 1 aliphatic rings. The van der Waals surface area contributed by atoms with E-state index in [2.05, 4.69) is 45.3 Å². The van der Waals surface area contributed by atoms with Crippen LogP contribution in [0.4, 0.5) is 0 Å². The Bertz CT molecular complexity index is 513. The van der Waals surface area contributed by atoms with Crippen LogP contribution in [-0.2, 0) is 6.54 Å². The zero-order chi connectivity index (χ0) is 11.7. The second-order valence-corrected chi connectivity index (χ2v) is 4.61. The van der Waals surface area contributed by atoms with E-state index < -0.39 is 0 Å². The van der Waals surface area contributed by atoms with Crippen molar-refractivity contribution in [2.24, 2.45) is 0 Å². The topological polar surface area (TPSA) is 41.9 Å². The summed E-state index contributed by atoms with van der Waals surface area (Å²) in [6.45, 7) is 6.27. The summed E-state index contributed by atoms with van der Waals surface area (Å²) in [5, 5.41) is 6.80. The van der Waals surface area contributed by atoms with Crippen LogP contribution in [-0.4, -0.2) is 35.2 Å². The minimum Gasteiger partial charge on any atom is -0.327 e. The van der Waals surface area contributed by atoms with Crippen LogP contribution in [0.3, 0.4) is 0 Å². The molecule has 4 nitrogen and oxygen atoms in total. The van der Waals surface area contributed by atoms with E-state index >= 15 is 0 Å². The lowest BCUT2D eigenvalue weighted by molar-refractivity contribution is 0.361. The lowest BCUT2D eigenvalue weighted by atomic mass is 10.2. The van der Waals surface area contributed by atoms with Gasteiger partial charge in [-0.05, 0) is 19.1 Å². The van der Waals surface area contributed by atoms with E-state index in [-0.39, 0.29) is 0 Å². The molecule has 1 aliphatic heterocycles. The number of fused-ring (bicyclic) bond motifs is 1. The average molecular weight is 230 g/mol. The fourth-order valence-electron chi connectivity index (χ4n) is 2.29. The van der Waals surface area contributed by atoms with Gasteiger partial charge in [0.25, 0.3) is 0 Å². The highest BCUT2D eigenvalue weighted by atomic mass is 15.1. The van der Waals surface area contributed by atoms with Crippen LogP contribution in [0.1, 0.15) is 5.82 Å². The Kier molecular flexibility index (Phi) is 2.82. The minimum atomic E-state index is 0.657. The summed E-state index contributed by atoms with van der Waals surface area (Å²) in [7, 11) is 0. The first-order chi connectivity index (χ1) is 8.34. The van der Waals surface area contributed by atoms with Gasteiger partial charge in [0.2, 0.25) is 0 Å². The van der Waals surface area contributed by atoms with Gasteiger partial charge in [-0.2, -0.15) is 0 Å². The molecule has 1 aromatic carbocycles. The highest BCUT2D eigenvalue weighted by Crippen LogP contribution is 2.14. The standard InChI is InChI=1S/C13H18N4/c1-10-16-12-4-2-3-5-13(12)17(10)7-6-15-11-8-14-9-11/h2-5,11,14-15H,6-9H2,1H3. The number of benzene rings is 1. The molecule has 0 spiro atoms. The van der Waals surface area contributed by atoms with Crippen molar-refractivity contribution in [3.05, 3.63) is 30.1 Å². The van der Waals surface area contributed by atoms with E-state index in [0.717, 1.165) is 37.5 Å². The van der Waals surface area contributed by atoms with E-state index in [0.29, 0.717) is 6.04 Å². The molecule has 0 saturated carbocycles. The molecule has 90 valence electrons. The van der Waals surface area contributed by atoms with Gasteiger partial charge >= 0.3 is 0 Å². The number of rotatable bonds is 4. The molecule has 1 aromatic heterocycles. The van der Waals surface area contributed by atoms with Crippen molar-refractivity contribution < 1.29 is 0 Å². The third-order valence-electron chi connectivity index (χ3n) is 3.40. The molecule has 1 fully saturated rings. The Morgan fingerprint density at radius 3 is 3.00 bits per heavy atom. The summed E-state index contributed by atoms with van der Waals surface area (Å²) < 4.78 is 2.29. The molecule has 0 aliphatic carbocycles. The summed E-state index contributed by atoms with van der Waals surface area (Å²) in [5.74, 6) is 1.10. The van der Waals surface area contributed by atoms with E-state index in [1.807, 2.05) is 6.07 Å². The average Bonchev–Trinajstić information content (AvgIpc) is 2.58. The number of aromatic nitrogens is 2. The number of hydrogen-bond donors (Lipinski definition) is 2. The molecule has 2 heterocycles. The van der Waals surface area contributed by atoms with Crippen molar-refractivity contribution in [1.82, 2.24) is 20.2 Å². The highest BCUT2D eigenvalue weighted by molar-refractivity contribution is 5.75. The number of hydrogen-bond acceptors (Lipinski definition) is 3. The number of para-hydroxylation sites is 2. The molecule has 2 aromatic rings. The van der Waals surface area contributed by atoms with Gasteiger partial charge in [-0.1, -0.05) is 12.1 Å². The van der Waals surface area contributed by atoms with Gasteiger partial charge in [0.1, 0.15) is 5.82 Å². The largest absolute Gasteiger partial charge is 0.327 e. The van der Waals surface area contributed by atoms with Gasteiger partial charge in [0, 0.05) is 32.2 Å². The van der Waals surface area contributed by atoms with Crippen molar-refractivity contribution in [2.45, 2.75) is 19.5 Å². The first-order valence-electron chi connectivity index (χ1n) is 6.20. The molecule has 1 saturated heterocycles. The molecule has 17 heavy (non-hydrogen) atoms. The van der Waals surface area contributed by atoms with E-state index in [9.17, 15) is 0 Å². The van der Waals surface area contributed by atoms with E-state index in [1.54, 1.807) is 0 Å². The molecular formula is C13H18N4. The number of nitrogens with one attached hydrogen (secondary N) is 2. The lowest BCUT2D eigenvalue weighted by Crippen LogP contribution is -2.55. The Morgan fingerprint density at radius 2 is 2.24 bits per heavy atom. The van der Waals surface area contributed by atoms with Crippen molar-refractivity contribution in [3.63, 3.8) is 0 Å². The lowest BCUT2D eigenvalue weighted by Gasteiger charge is -2.28. The minimum absolute atomic E-state index is 0.657. The molecule has 3 rings (SSSR count). The highest BCUT2D eigenvalue weighted by Gasteiger charge is 2.15. The van der Waals surface area contributed by atoms with Gasteiger partial charge in [-0.15, -0.1) is 0 Å². The Balaban J connectivity index is 1.72.